The van der Waals surface area contributed by atoms with Gasteiger partial charge in [-0.3, -0.25) is 14.3 Å². The molecule has 0 atom stereocenters. The van der Waals surface area contributed by atoms with Gasteiger partial charge in [-0.25, -0.2) is 4.98 Å². The van der Waals surface area contributed by atoms with Crippen molar-refractivity contribution in [2.45, 2.75) is 19.8 Å². The van der Waals surface area contributed by atoms with E-state index in [0.717, 1.165) is 22.6 Å². The van der Waals surface area contributed by atoms with E-state index in [-0.39, 0.29) is 12.3 Å². The van der Waals surface area contributed by atoms with Crippen molar-refractivity contribution in [3.05, 3.63) is 35.2 Å². The normalized spacial score (nSPS) is 11.0. The number of aromatic nitrogens is 4. The highest BCUT2D eigenvalue weighted by Gasteiger charge is 2.11. The zero-order chi connectivity index (χ0) is 13.2. The van der Waals surface area contributed by atoms with E-state index in [1.165, 1.54) is 0 Å². The molecule has 3 rings (SSSR count). The Morgan fingerprint density at radius 2 is 2.47 bits per heavy atom. The first-order valence-corrected chi connectivity index (χ1v) is 6.87. The molecule has 1 amide bonds. The van der Waals surface area contributed by atoms with E-state index in [0.29, 0.717) is 5.82 Å². The minimum Gasteiger partial charge on any atom is -0.311 e. The van der Waals surface area contributed by atoms with Crippen molar-refractivity contribution in [1.82, 2.24) is 19.6 Å². The van der Waals surface area contributed by atoms with E-state index >= 15 is 0 Å². The molecule has 0 fully saturated rings. The lowest BCUT2D eigenvalue weighted by atomic mass is 10.2. The molecule has 7 heteroatoms. The molecule has 0 aromatic carbocycles. The number of thiazole rings is 1. The summed E-state index contributed by atoms with van der Waals surface area (Å²) in [7, 11) is 0. The molecular formula is C12H13N5OS. The maximum absolute atomic E-state index is 11.9. The van der Waals surface area contributed by atoms with Gasteiger partial charge in [0.25, 0.3) is 0 Å². The highest BCUT2D eigenvalue weighted by Crippen LogP contribution is 2.14. The van der Waals surface area contributed by atoms with Crippen LogP contribution in [0.3, 0.4) is 0 Å². The minimum absolute atomic E-state index is 0.0929. The van der Waals surface area contributed by atoms with Crippen LogP contribution in [-0.4, -0.2) is 25.5 Å². The second kappa shape index (κ2) is 4.85. The smallest absolute Gasteiger partial charge is 0.231 e. The molecule has 3 aromatic heterocycles. The van der Waals surface area contributed by atoms with Crippen LogP contribution < -0.4 is 5.32 Å². The van der Waals surface area contributed by atoms with Gasteiger partial charge in [-0.15, -0.1) is 11.3 Å². The molecule has 0 bridgehead atoms. The van der Waals surface area contributed by atoms with Gasteiger partial charge < -0.3 is 5.32 Å². The van der Waals surface area contributed by atoms with Crippen molar-refractivity contribution in [2.75, 3.05) is 5.32 Å². The van der Waals surface area contributed by atoms with Gasteiger partial charge in [0, 0.05) is 23.3 Å². The Morgan fingerprint density at radius 3 is 3.26 bits per heavy atom. The summed E-state index contributed by atoms with van der Waals surface area (Å²) >= 11 is 1.55. The monoisotopic (exact) mass is 275 g/mol. The zero-order valence-corrected chi connectivity index (χ0v) is 11.2. The van der Waals surface area contributed by atoms with Crippen LogP contribution in [-0.2, 0) is 17.6 Å². The average molecular weight is 275 g/mol. The molecule has 3 aromatic rings. The predicted octanol–water partition coefficient (Wildman–Crippen LogP) is 1.86. The summed E-state index contributed by atoms with van der Waals surface area (Å²) in [6, 6.07) is 0. The van der Waals surface area contributed by atoms with Crippen molar-refractivity contribution < 1.29 is 4.79 Å². The first kappa shape index (κ1) is 11.9. The van der Waals surface area contributed by atoms with Gasteiger partial charge >= 0.3 is 0 Å². The number of imidazole rings is 1. The Hall–Kier alpha value is -2.15. The van der Waals surface area contributed by atoms with Gasteiger partial charge in [-0.05, 0) is 6.42 Å². The average Bonchev–Trinajstić information content (AvgIpc) is 3.03. The van der Waals surface area contributed by atoms with E-state index in [1.807, 2.05) is 29.1 Å². The minimum atomic E-state index is -0.0929. The Kier molecular flexibility index (Phi) is 3.04. The summed E-state index contributed by atoms with van der Waals surface area (Å²) in [5.74, 6) is 0.582. The van der Waals surface area contributed by atoms with E-state index < -0.39 is 0 Å². The van der Waals surface area contributed by atoms with E-state index in [4.69, 9.17) is 0 Å². The molecule has 0 saturated heterocycles. The van der Waals surface area contributed by atoms with Crippen LogP contribution >= 0.6 is 11.3 Å². The third kappa shape index (κ3) is 2.37. The van der Waals surface area contributed by atoms with E-state index in [1.54, 1.807) is 17.5 Å². The fourth-order valence-electron chi connectivity index (χ4n) is 1.90. The highest BCUT2D eigenvalue weighted by atomic mass is 32.1. The van der Waals surface area contributed by atoms with Gasteiger partial charge in [0.15, 0.2) is 4.96 Å². The number of carbonyl (C=O) groups is 1. The Bertz CT molecular complexity index is 682. The summed E-state index contributed by atoms with van der Waals surface area (Å²) < 4.78 is 1.92. The molecular weight excluding hydrogens is 262 g/mol. The van der Waals surface area contributed by atoms with Crippen molar-refractivity contribution in [2.24, 2.45) is 0 Å². The molecule has 6 nitrogen and oxygen atoms in total. The van der Waals surface area contributed by atoms with Gasteiger partial charge in [0.05, 0.1) is 18.3 Å². The van der Waals surface area contributed by atoms with Gasteiger partial charge in [0.2, 0.25) is 5.91 Å². The van der Waals surface area contributed by atoms with Crippen LogP contribution in [0.25, 0.3) is 4.96 Å². The molecule has 3 heterocycles. The number of aromatic amines is 1. The number of H-pyrrole nitrogens is 1. The third-order valence-corrected chi connectivity index (χ3v) is 3.62. The summed E-state index contributed by atoms with van der Waals surface area (Å²) in [5.41, 5.74) is 1.76. The SMILES string of the molecule is CCc1cn[nH]c1NC(=O)Cc1cn2ccsc2n1. The van der Waals surface area contributed by atoms with Gasteiger partial charge in [0.1, 0.15) is 5.82 Å². The van der Waals surface area contributed by atoms with E-state index in [9.17, 15) is 4.79 Å². The number of nitrogens with one attached hydrogen (secondary N) is 2. The zero-order valence-electron chi connectivity index (χ0n) is 10.4. The van der Waals surface area contributed by atoms with Crippen LogP contribution in [0.15, 0.2) is 24.0 Å². The number of amides is 1. The number of nitrogens with zero attached hydrogens (tertiary/aromatic N) is 3. The Labute approximate surface area is 113 Å². The lowest BCUT2D eigenvalue weighted by Gasteiger charge is -2.02. The number of fused-ring (bicyclic) bond motifs is 1. The quantitative estimate of drug-likeness (QED) is 0.763. The number of rotatable bonds is 4. The van der Waals surface area contributed by atoms with Crippen LogP contribution in [0, 0.1) is 0 Å². The Balaban J connectivity index is 1.70. The number of carbonyl (C=O) groups excluding carboxylic acids is 1. The molecule has 2 N–H and O–H groups in total. The molecule has 0 unspecified atom stereocenters. The van der Waals surface area contributed by atoms with Crippen LogP contribution in [0.2, 0.25) is 0 Å². The molecule has 0 aliphatic heterocycles. The third-order valence-electron chi connectivity index (χ3n) is 2.85. The highest BCUT2D eigenvalue weighted by molar-refractivity contribution is 7.15. The van der Waals surface area contributed by atoms with Crippen molar-refractivity contribution in [1.29, 1.82) is 0 Å². The molecule has 98 valence electrons. The largest absolute Gasteiger partial charge is 0.311 e. The first-order chi connectivity index (χ1) is 9.26. The lowest BCUT2D eigenvalue weighted by Crippen LogP contribution is -2.15. The molecule has 0 aliphatic carbocycles. The van der Waals surface area contributed by atoms with E-state index in [2.05, 4.69) is 20.5 Å². The topological polar surface area (TPSA) is 75.1 Å². The fourth-order valence-corrected chi connectivity index (χ4v) is 2.62. The molecule has 0 spiro atoms. The fraction of sp³-hybridized carbons (Fsp3) is 0.250. The summed E-state index contributed by atoms with van der Waals surface area (Å²) in [6.07, 6.45) is 6.61. The molecule has 19 heavy (non-hydrogen) atoms. The lowest BCUT2D eigenvalue weighted by molar-refractivity contribution is -0.115. The molecule has 0 radical (unpaired) electrons. The number of aryl methyl sites for hydroxylation is 1. The van der Waals surface area contributed by atoms with Gasteiger partial charge in [-0.1, -0.05) is 6.92 Å². The van der Waals surface area contributed by atoms with Gasteiger partial charge in [-0.2, -0.15) is 5.10 Å². The van der Waals surface area contributed by atoms with Crippen molar-refractivity contribution in [3.8, 4) is 0 Å². The van der Waals surface area contributed by atoms with Crippen LogP contribution in [0.1, 0.15) is 18.2 Å². The molecule has 0 saturated carbocycles. The number of hydrogen-bond donors (Lipinski definition) is 2. The maximum atomic E-state index is 11.9. The van der Waals surface area contributed by atoms with Crippen LogP contribution in [0.5, 0.6) is 0 Å². The van der Waals surface area contributed by atoms with Crippen LogP contribution in [0.4, 0.5) is 5.82 Å². The second-order valence-corrected chi connectivity index (χ2v) is 5.05. The molecule has 0 aliphatic rings. The first-order valence-electron chi connectivity index (χ1n) is 5.99. The summed E-state index contributed by atoms with van der Waals surface area (Å²) in [6.45, 7) is 2.02. The maximum Gasteiger partial charge on any atom is 0.231 e. The standard InChI is InChI=1S/C12H13N5OS/c1-2-8-6-13-16-11(8)15-10(18)5-9-7-17-3-4-19-12(17)14-9/h3-4,6-7H,2,5H2,1H3,(H2,13,15,16,18). The number of hydrogen-bond acceptors (Lipinski definition) is 4. The second-order valence-electron chi connectivity index (χ2n) is 4.17. The summed E-state index contributed by atoms with van der Waals surface area (Å²) in [4.78, 5) is 17.2. The number of anilines is 1. The predicted molar refractivity (Wildman–Crippen MR) is 73.4 cm³/mol. The summed E-state index contributed by atoms with van der Waals surface area (Å²) in [5, 5.41) is 11.5. The Morgan fingerprint density at radius 1 is 1.58 bits per heavy atom. The van der Waals surface area contributed by atoms with Crippen molar-refractivity contribution >= 4 is 28.0 Å². The van der Waals surface area contributed by atoms with Crippen molar-refractivity contribution in [3.63, 3.8) is 0 Å².